The highest BCUT2D eigenvalue weighted by Gasteiger charge is 2.77. The first-order valence-electron chi connectivity index (χ1n) is 12.8. The van der Waals surface area contributed by atoms with Crippen LogP contribution >= 0.6 is 27.7 Å². The Hall–Kier alpha value is -1.32. The number of thioether (sulfide) groups is 1. The number of unbranched alkanes of at least 4 members (excludes halogenated alkanes) is 1. The van der Waals surface area contributed by atoms with E-state index in [4.69, 9.17) is 4.74 Å². The fourth-order valence-electron chi connectivity index (χ4n) is 6.06. The van der Waals surface area contributed by atoms with Crippen molar-refractivity contribution in [3.05, 3.63) is 25.3 Å². The van der Waals surface area contributed by atoms with E-state index in [2.05, 4.69) is 29.1 Å². The summed E-state index contributed by atoms with van der Waals surface area (Å²) in [6.45, 7) is 17.7. The highest BCUT2D eigenvalue weighted by Crippen LogP contribution is 2.68. The van der Waals surface area contributed by atoms with E-state index in [-0.39, 0.29) is 47.0 Å². The zero-order valence-corrected chi connectivity index (χ0v) is 24.5. The van der Waals surface area contributed by atoms with Gasteiger partial charge >= 0.3 is 5.97 Å². The Morgan fingerprint density at radius 3 is 2.53 bits per heavy atom. The molecule has 0 aliphatic carbocycles. The Morgan fingerprint density at radius 2 is 2.00 bits per heavy atom. The summed E-state index contributed by atoms with van der Waals surface area (Å²) in [5.41, 5.74) is -0.500. The summed E-state index contributed by atoms with van der Waals surface area (Å²) in [5.74, 6) is -2.14. The monoisotopic (exact) mass is 584 g/mol. The maximum absolute atomic E-state index is 14.4. The van der Waals surface area contributed by atoms with E-state index in [9.17, 15) is 19.5 Å². The first-order chi connectivity index (χ1) is 16.9. The molecule has 1 N–H and O–H groups in total. The minimum absolute atomic E-state index is 0.0263. The number of likely N-dealkylation sites (tertiary alicyclic amines) is 1. The normalized spacial score (nSPS) is 31.9. The predicted molar refractivity (Wildman–Crippen MR) is 147 cm³/mol. The quantitative estimate of drug-likeness (QED) is 0.172. The summed E-state index contributed by atoms with van der Waals surface area (Å²) in [6, 6.07) is -1.32. The Balaban J connectivity index is 2.09. The summed E-state index contributed by atoms with van der Waals surface area (Å²) < 4.78 is 4.87. The van der Waals surface area contributed by atoms with Gasteiger partial charge in [-0.2, -0.15) is 0 Å². The summed E-state index contributed by atoms with van der Waals surface area (Å²) in [6.07, 6.45) is 5.49. The second kappa shape index (κ2) is 11.2. The SMILES string of the molecule is C=CCCCOC(=O)[C@H]1[C@@H]2SC3(CC2Br)C(C(=O)N(CC=C)C(C)(C)C)N([C@@H](CO)C(C)C)C(=O)[C@H]13. The van der Waals surface area contributed by atoms with Crippen molar-refractivity contribution < 1.29 is 24.2 Å². The third-order valence-electron chi connectivity index (χ3n) is 7.73. The van der Waals surface area contributed by atoms with Gasteiger partial charge in [0.2, 0.25) is 11.8 Å². The average molecular weight is 586 g/mol. The van der Waals surface area contributed by atoms with E-state index >= 15 is 0 Å². The van der Waals surface area contributed by atoms with E-state index in [0.29, 0.717) is 19.4 Å². The van der Waals surface area contributed by atoms with Gasteiger partial charge in [-0.15, -0.1) is 24.9 Å². The fraction of sp³-hybridized carbons (Fsp3) is 0.741. The number of hydrogen-bond acceptors (Lipinski definition) is 6. The summed E-state index contributed by atoms with van der Waals surface area (Å²) in [5, 5.41) is 10.2. The Bertz CT molecular complexity index is 890. The smallest absolute Gasteiger partial charge is 0.310 e. The Morgan fingerprint density at radius 1 is 1.33 bits per heavy atom. The van der Waals surface area contributed by atoms with E-state index in [0.717, 1.165) is 6.42 Å². The van der Waals surface area contributed by atoms with Crippen molar-refractivity contribution in [3.8, 4) is 0 Å². The number of alkyl halides is 1. The molecule has 0 aromatic carbocycles. The topological polar surface area (TPSA) is 87.2 Å². The minimum Gasteiger partial charge on any atom is -0.465 e. The lowest BCUT2D eigenvalue weighted by atomic mass is 9.71. The molecule has 1 spiro atoms. The van der Waals surface area contributed by atoms with Crippen molar-refractivity contribution in [3.63, 3.8) is 0 Å². The molecule has 0 saturated carbocycles. The lowest BCUT2D eigenvalue weighted by Crippen LogP contribution is -2.61. The number of aliphatic hydroxyl groups is 1. The summed E-state index contributed by atoms with van der Waals surface area (Å²) in [7, 11) is 0. The van der Waals surface area contributed by atoms with Crippen LogP contribution in [0, 0.1) is 17.8 Å². The van der Waals surface area contributed by atoms with Gasteiger partial charge in [-0.25, -0.2) is 0 Å². The number of fused-ring (bicyclic) bond motifs is 1. The van der Waals surface area contributed by atoms with Crippen LogP contribution in [-0.4, -0.2) is 84.9 Å². The molecule has 2 amide bonds. The fourth-order valence-corrected chi connectivity index (χ4v) is 9.64. The van der Waals surface area contributed by atoms with Gasteiger partial charge in [0.25, 0.3) is 0 Å². The van der Waals surface area contributed by atoms with Crippen LogP contribution in [0.2, 0.25) is 0 Å². The molecule has 2 bridgehead atoms. The third kappa shape index (κ3) is 4.92. The van der Waals surface area contributed by atoms with Crippen molar-refractivity contribution in [2.75, 3.05) is 19.8 Å². The molecule has 0 aromatic heterocycles. The molecule has 3 saturated heterocycles. The van der Waals surface area contributed by atoms with Gasteiger partial charge in [-0.1, -0.05) is 41.9 Å². The number of carbonyl (C=O) groups is 3. The van der Waals surface area contributed by atoms with Gasteiger partial charge < -0.3 is 19.6 Å². The molecule has 3 aliphatic rings. The Labute approximate surface area is 228 Å². The zero-order chi connectivity index (χ0) is 27.0. The molecule has 3 unspecified atom stereocenters. The maximum Gasteiger partial charge on any atom is 0.310 e. The van der Waals surface area contributed by atoms with E-state index in [1.165, 1.54) is 0 Å². The number of aliphatic hydroxyl groups excluding tert-OH is 1. The number of rotatable bonds is 11. The van der Waals surface area contributed by atoms with Crippen molar-refractivity contribution in [1.29, 1.82) is 0 Å². The van der Waals surface area contributed by atoms with Crippen LogP contribution in [0.25, 0.3) is 0 Å². The number of allylic oxidation sites excluding steroid dienone is 1. The van der Waals surface area contributed by atoms with Crippen LogP contribution < -0.4 is 0 Å². The number of amides is 2. The molecule has 0 radical (unpaired) electrons. The van der Waals surface area contributed by atoms with E-state index in [1.54, 1.807) is 33.7 Å². The van der Waals surface area contributed by atoms with Gasteiger partial charge in [0.05, 0.1) is 35.8 Å². The molecule has 7 nitrogen and oxygen atoms in total. The van der Waals surface area contributed by atoms with Crippen LogP contribution in [0.15, 0.2) is 25.3 Å². The van der Waals surface area contributed by atoms with Crippen LogP contribution in [0.1, 0.15) is 53.9 Å². The molecule has 36 heavy (non-hydrogen) atoms. The molecule has 202 valence electrons. The molecular formula is C27H41BrN2O5S. The van der Waals surface area contributed by atoms with Crippen LogP contribution in [0.3, 0.4) is 0 Å². The number of esters is 1. The number of ether oxygens (including phenoxy) is 1. The summed E-state index contributed by atoms with van der Waals surface area (Å²) in [4.78, 5) is 45.3. The van der Waals surface area contributed by atoms with Crippen LogP contribution in [0.4, 0.5) is 0 Å². The molecule has 7 atom stereocenters. The second-order valence-electron chi connectivity index (χ2n) is 11.4. The average Bonchev–Trinajstić information content (AvgIpc) is 3.38. The summed E-state index contributed by atoms with van der Waals surface area (Å²) >= 11 is 5.36. The molecule has 9 heteroatoms. The van der Waals surface area contributed by atoms with Gasteiger partial charge in [0.1, 0.15) is 6.04 Å². The number of hydrogen-bond donors (Lipinski definition) is 1. The lowest BCUT2D eigenvalue weighted by molar-refractivity contribution is -0.155. The predicted octanol–water partition coefficient (Wildman–Crippen LogP) is 3.79. The van der Waals surface area contributed by atoms with Gasteiger partial charge in [0, 0.05) is 22.2 Å². The van der Waals surface area contributed by atoms with Crippen molar-refractivity contribution in [2.24, 2.45) is 17.8 Å². The zero-order valence-electron chi connectivity index (χ0n) is 22.1. The van der Waals surface area contributed by atoms with Crippen LogP contribution in [-0.2, 0) is 19.1 Å². The van der Waals surface area contributed by atoms with Crippen LogP contribution in [0.5, 0.6) is 0 Å². The standard InChI is InChI=1S/C27H41BrN2O5S/c1-8-10-11-13-35-25(34)19-20-23(32)30(18(15-31)16(3)4)22(27(20)14-17(28)21(19)36-27)24(33)29(12-9-2)26(5,6)7/h8-9,16-22,31H,1-2,10-15H2,3-7H3/t17?,18-,19+,20-,21+,22?,27?/m0/s1. The largest absolute Gasteiger partial charge is 0.465 e. The van der Waals surface area contributed by atoms with Gasteiger partial charge in [-0.3, -0.25) is 14.4 Å². The maximum atomic E-state index is 14.4. The number of halogens is 1. The lowest BCUT2D eigenvalue weighted by Gasteiger charge is -2.44. The molecular weight excluding hydrogens is 544 g/mol. The molecule has 3 rings (SSSR count). The van der Waals surface area contributed by atoms with Crippen molar-refractivity contribution in [2.45, 2.75) is 86.3 Å². The highest BCUT2D eigenvalue weighted by atomic mass is 79.9. The highest BCUT2D eigenvalue weighted by molar-refractivity contribution is 9.09. The minimum atomic E-state index is -0.789. The molecule has 0 aromatic rings. The van der Waals surface area contributed by atoms with E-state index < -0.39 is 34.2 Å². The first kappa shape index (κ1) is 29.2. The Kier molecular flexibility index (Phi) is 9.09. The number of carbonyl (C=O) groups excluding carboxylic acids is 3. The van der Waals surface area contributed by atoms with Crippen molar-refractivity contribution >= 4 is 45.5 Å². The molecule has 3 aliphatic heterocycles. The third-order valence-corrected chi connectivity index (χ3v) is 11.0. The molecule has 3 fully saturated rings. The first-order valence-corrected chi connectivity index (χ1v) is 14.6. The molecule has 3 heterocycles. The van der Waals surface area contributed by atoms with Gasteiger partial charge in [0.15, 0.2) is 0 Å². The number of nitrogens with zero attached hydrogens (tertiary/aromatic N) is 2. The van der Waals surface area contributed by atoms with E-state index in [1.807, 2.05) is 34.6 Å². The second-order valence-corrected chi connectivity index (χ2v) is 14.1. The van der Waals surface area contributed by atoms with Gasteiger partial charge in [-0.05, 0) is 46.0 Å². The van der Waals surface area contributed by atoms with Crippen molar-refractivity contribution in [1.82, 2.24) is 9.80 Å².